The van der Waals surface area contributed by atoms with Crippen LogP contribution in [-0.2, 0) is 4.79 Å². The summed E-state index contributed by atoms with van der Waals surface area (Å²) in [6, 6.07) is 0. The second-order valence-electron chi connectivity index (χ2n) is 4.34. The molecule has 0 bridgehead atoms. The van der Waals surface area contributed by atoms with Gasteiger partial charge in [0, 0.05) is 18.5 Å². The zero-order valence-corrected chi connectivity index (χ0v) is 10.5. The number of nitrogens with zero attached hydrogens (tertiary/aromatic N) is 4. The maximum atomic E-state index is 11.2. The van der Waals surface area contributed by atoms with Gasteiger partial charge in [-0.3, -0.25) is 4.79 Å². The normalized spacial score (nSPS) is 19.2. The van der Waals surface area contributed by atoms with Crippen molar-refractivity contribution >= 4 is 33.9 Å². The summed E-state index contributed by atoms with van der Waals surface area (Å²) in [5, 5.41) is 21.9. The summed E-state index contributed by atoms with van der Waals surface area (Å²) >= 11 is 1.31. The molecule has 0 amide bonds. The van der Waals surface area contributed by atoms with Crippen LogP contribution in [-0.4, -0.2) is 38.5 Å². The van der Waals surface area contributed by atoms with Gasteiger partial charge in [-0.25, -0.2) is 0 Å². The van der Waals surface area contributed by atoms with E-state index in [1.54, 1.807) is 16.5 Å². The molecule has 2 aromatic heterocycles. The molecular weight excluding hydrogens is 272 g/mol. The number of thiazole rings is 1. The van der Waals surface area contributed by atoms with E-state index in [0.29, 0.717) is 17.9 Å². The van der Waals surface area contributed by atoms with E-state index in [4.69, 9.17) is 5.11 Å². The van der Waals surface area contributed by atoms with Gasteiger partial charge in [0.05, 0.1) is 5.92 Å². The smallest absolute Gasteiger partial charge is 0.373 e. The monoisotopic (exact) mass is 282 g/mol. The largest absolute Gasteiger partial charge is 0.481 e. The fraction of sp³-hybridized carbons (Fsp3) is 0.400. The number of aliphatic carboxylic acids is 1. The number of hydrogen-bond acceptors (Lipinski definition) is 6. The van der Waals surface area contributed by atoms with Gasteiger partial charge in [-0.1, -0.05) is 11.3 Å². The molecule has 1 aliphatic heterocycles. The van der Waals surface area contributed by atoms with Crippen LogP contribution in [0.4, 0.5) is 11.6 Å². The van der Waals surface area contributed by atoms with Crippen LogP contribution < -0.4 is 4.90 Å². The minimum Gasteiger partial charge on any atom is -0.481 e. The molecule has 9 heteroatoms. The predicted molar refractivity (Wildman–Crippen MR) is 67.7 cm³/mol. The van der Waals surface area contributed by atoms with Gasteiger partial charge in [0.2, 0.25) is 5.82 Å². The van der Waals surface area contributed by atoms with Crippen LogP contribution in [0.15, 0.2) is 11.6 Å². The van der Waals surface area contributed by atoms with Crippen LogP contribution in [0.5, 0.6) is 0 Å². The SMILES string of the molecule is O=C(O)C1CCN(c2nc3sccn3c2[N+](=O)[O-])C1. The number of carbonyl (C=O) groups is 1. The highest BCUT2D eigenvalue weighted by Crippen LogP contribution is 2.33. The number of carboxylic acid groups (broad SMARTS) is 1. The van der Waals surface area contributed by atoms with Gasteiger partial charge in [-0.05, 0) is 11.3 Å². The van der Waals surface area contributed by atoms with E-state index in [9.17, 15) is 14.9 Å². The third-order valence-electron chi connectivity index (χ3n) is 3.23. The van der Waals surface area contributed by atoms with Crippen molar-refractivity contribution in [3.63, 3.8) is 0 Å². The van der Waals surface area contributed by atoms with Crippen LogP contribution in [0, 0.1) is 16.0 Å². The highest BCUT2D eigenvalue weighted by molar-refractivity contribution is 7.15. The molecule has 1 fully saturated rings. The lowest BCUT2D eigenvalue weighted by molar-refractivity contribution is -0.389. The van der Waals surface area contributed by atoms with Crippen molar-refractivity contribution in [2.24, 2.45) is 5.92 Å². The van der Waals surface area contributed by atoms with E-state index in [1.165, 1.54) is 15.7 Å². The summed E-state index contributed by atoms with van der Waals surface area (Å²) in [6.45, 7) is 0.740. The Kier molecular flexibility index (Phi) is 2.63. The molecule has 1 saturated heterocycles. The number of nitro groups is 1. The molecule has 0 radical (unpaired) electrons. The minimum absolute atomic E-state index is 0.0951. The molecule has 8 nitrogen and oxygen atoms in total. The van der Waals surface area contributed by atoms with E-state index < -0.39 is 16.8 Å². The van der Waals surface area contributed by atoms with Crippen LogP contribution in [0.1, 0.15) is 6.42 Å². The molecule has 3 heterocycles. The van der Waals surface area contributed by atoms with Crippen molar-refractivity contribution in [2.75, 3.05) is 18.0 Å². The van der Waals surface area contributed by atoms with E-state index in [2.05, 4.69) is 4.98 Å². The van der Waals surface area contributed by atoms with Gasteiger partial charge >= 0.3 is 11.8 Å². The third-order valence-corrected chi connectivity index (χ3v) is 3.99. The number of rotatable bonds is 3. The zero-order valence-electron chi connectivity index (χ0n) is 9.72. The van der Waals surface area contributed by atoms with Crippen molar-refractivity contribution < 1.29 is 14.8 Å². The lowest BCUT2D eigenvalue weighted by Crippen LogP contribution is -2.23. The molecule has 1 aliphatic rings. The molecule has 0 saturated carbocycles. The molecule has 100 valence electrons. The quantitative estimate of drug-likeness (QED) is 0.670. The molecular formula is C10H10N4O4S. The van der Waals surface area contributed by atoms with Crippen molar-refractivity contribution in [3.05, 3.63) is 21.7 Å². The Morgan fingerprint density at radius 1 is 1.63 bits per heavy atom. The number of imidazole rings is 1. The Bertz CT molecular complexity index is 664. The molecule has 2 aromatic rings. The first-order valence-corrected chi connectivity index (χ1v) is 6.53. The van der Waals surface area contributed by atoms with Crippen molar-refractivity contribution in [1.82, 2.24) is 9.38 Å². The highest BCUT2D eigenvalue weighted by atomic mass is 32.1. The Hall–Kier alpha value is -2.16. The van der Waals surface area contributed by atoms with Gasteiger partial charge in [0.25, 0.3) is 4.96 Å². The standard InChI is InChI=1S/C10H10N4O4S/c15-9(16)6-1-2-12(5-6)7-8(14(17)18)13-3-4-19-10(13)11-7/h3-4,6H,1-2,5H2,(H,15,16). The maximum absolute atomic E-state index is 11.2. The summed E-state index contributed by atoms with van der Waals surface area (Å²) < 4.78 is 1.42. The lowest BCUT2D eigenvalue weighted by atomic mass is 10.1. The summed E-state index contributed by atoms with van der Waals surface area (Å²) in [6.07, 6.45) is 2.08. The Labute approximate surface area is 111 Å². The topological polar surface area (TPSA) is 101 Å². The highest BCUT2D eigenvalue weighted by Gasteiger charge is 2.35. The number of hydrogen-bond donors (Lipinski definition) is 1. The van der Waals surface area contributed by atoms with Gasteiger partial charge < -0.3 is 20.1 Å². The molecule has 0 aromatic carbocycles. The number of carboxylic acids is 1. The van der Waals surface area contributed by atoms with Crippen LogP contribution in [0.3, 0.4) is 0 Å². The van der Waals surface area contributed by atoms with E-state index in [0.717, 1.165) is 0 Å². The molecule has 3 rings (SSSR count). The Morgan fingerprint density at radius 2 is 2.42 bits per heavy atom. The fourth-order valence-corrected chi connectivity index (χ4v) is 3.00. The average molecular weight is 282 g/mol. The average Bonchev–Trinajstić information content (AvgIpc) is 3.02. The molecule has 1 atom stereocenters. The van der Waals surface area contributed by atoms with E-state index in [-0.39, 0.29) is 18.2 Å². The first-order valence-electron chi connectivity index (χ1n) is 5.65. The van der Waals surface area contributed by atoms with E-state index >= 15 is 0 Å². The zero-order chi connectivity index (χ0) is 13.6. The number of anilines is 1. The Morgan fingerprint density at radius 3 is 3.05 bits per heavy atom. The first-order chi connectivity index (χ1) is 9.08. The number of aromatic nitrogens is 2. The minimum atomic E-state index is -0.869. The summed E-state index contributed by atoms with van der Waals surface area (Å²) in [4.78, 5) is 28.1. The van der Waals surface area contributed by atoms with Gasteiger partial charge in [0.15, 0.2) is 0 Å². The van der Waals surface area contributed by atoms with Crippen LogP contribution >= 0.6 is 11.3 Å². The summed E-state index contributed by atoms with van der Waals surface area (Å²) in [5.41, 5.74) is 0. The maximum Gasteiger partial charge on any atom is 0.373 e. The third kappa shape index (κ3) is 1.82. The summed E-state index contributed by atoms with van der Waals surface area (Å²) in [7, 11) is 0. The lowest BCUT2D eigenvalue weighted by Gasteiger charge is -2.13. The number of fused-ring (bicyclic) bond motifs is 1. The van der Waals surface area contributed by atoms with Crippen molar-refractivity contribution in [3.8, 4) is 0 Å². The first kappa shape index (κ1) is 11.9. The molecule has 1 N–H and O–H groups in total. The van der Waals surface area contributed by atoms with Crippen molar-refractivity contribution in [1.29, 1.82) is 0 Å². The second-order valence-corrected chi connectivity index (χ2v) is 5.21. The van der Waals surface area contributed by atoms with Gasteiger partial charge in [-0.2, -0.15) is 9.38 Å². The molecule has 1 unspecified atom stereocenters. The molecule has 0 spiro atoms. The second kappa shape index (κ2) is 4.19. The van der Waals surface area contributed by atoms with E-state index in [1.807, 2.05) is 0 Å². The molecule has 19 heavy (non-hydrogen) atoms. The van der Waals surface area contributed by atoms with Gasteiger partial charge in [0.1, 0.15) is 6.20 Å². The van der Waals surface area contributed by atoms with Crippen molar-refractivity contribution in [2.45, 2.75) is 6.42 Å². The van der Waals surface area contributed by atoms with Crippen LogP contribution in [0.25, 0.3) is 4.96 Å². The fourth-order valence-electron chi connectivity index (χ4n) is 2.30. The Balaban J connectivity index is 2.01. The summed E-state index contributed by atoms with van der Waals surface area (Å²) in [5.74, 6) is -1.19. The predicted octanol–water partition coefficient (Wildman–Crippen LogP) is 1.21. The van der Waals surface area contributed by atoms with Crippen LogP contribution in [0.2, 0.25) is 0 Å². The molecule has 0 aliphatic carbocycles. The van der Waals surface area contributed by atoms with Gasteiger partial charge in [-0.15, -0.1) is 0 Å².